The van der Waals surface area contributed by atoms with E-state index in [9.17, 15) is 9.59 Å². The van der Waals surface area contributed by atoms with Crippen LogP contribution in [0.5, 0.6) is 0 Å². The molecule has 5 nitrogen and oxygen atoms in total. The number of carbonyl (C=O) groups excluding carboxylic acids is 2. The van der Waals surface area contributed by atoms with Crippen molar-refractivity contribution in [3.05, 3.63) is 35.4 Å². The summed E-state index contributed by atoms with van der Waals surface area (Å²) < 4.78 is 0. The van der Waals surface area contributed by atoms with Crippen molar-refractivity contribution in [3.8, 4) is 0 Å². The number of aryl methyl sites for hydroxylation is 1. The molecule has 0 aliphatic carbocycles. The van der Waals surface area contributed by atoms with Crippen molar-refractivity contribution >= 4 is 11.8 Å². The summed E-state index contributed by atoms with van der Waals surface area (Å²) in [6.45, 7) is 8.24. The molecule has 21 heavy (non-hydrogen) atoms. The molecule has 3 N–H and O–H groups in total. The monoisotopic (exact) mass is 291 g/mol. The first-order chi connectivity index (χ1) is 10.0. The van der Waals surface area contributed by atoms with Crippen molar-refractivity contribution in [2.75, 3.05) is 26.2 Å². The van der Waals surface area contributed by atoms with Crippen LogP contribution < -0.4 is 16.0 Å². The van der Waals surface area contributed by atoms with Crippen molar-refractivity contribution in [2.24, 2.45) is 5.92 Å². The van der Waals surface area contributed by atoms with Gasteiger partial charge in [0.1, 0.15) is 0 Å². The van der Waals surface area contributed by atoms with Gasteiger partial charge in [-0.25, -0.2) is 0 Å². The Kier molecular flexibility index (Phi) is 7.46. The van der Waals surface area contributed by atoms with E-state index in [4.69, 9.17) is 0 Å². The van der Waals surface area contributed by atoms with Crippen LogP contribution >= 0.6 is 0 Å². The Bertz CT molecular complexity index is 457. The summed E-state index contributed by atoms with van der Waals surface area (Å²) in [6.07, 6.45) is 0. The summed E-state index contributed by atoms with van der Waals surface area (Å²) >= 11 is 0. The Morgan fingerprint density at radius 2 is 1.71 bits per heavy atom. The molecule has 5 heteroatoms. The maximum atomic E-state index is 11.8. The largest absolute Gasteiger partial charge is 0.354 e. The zero-order chi connectivity index (χ0) is 15.7. The number of benzene rings is 1. The predicted molar refractivity (Wildman–Crippen MR) is 84.2 cm³/mol. The second-order valence-corrected chi connectivity index (χ2v) is 5.12. The highest BCUT2D eigenvalue weighted by molar-refractivity contribution is 5.94. The molecule has 2 amide bonds. The zero-order valence-electron chi connectivity index (χ0n) is 13.0. The van der Waals surface area contributed by atoms with E-state index in [-0.39, 0.29) is 17.7 Å². The van der Waals surface area contributed by atoms with E-state index in [1.165, 1.54) is 0 Å². The molecule has 1 atom stereocenters. The first kappa shape index (κ1) is 17.2. The van der Waals surface area contributed by atoms with Crippen LogP contribution in [0.15, 0.2) is 24.3 Å². The Morgan fingerprint density at radius 3 is 2.33 bits per heavy atom. The van der Waals surface area contributed by atoms with E-state index in [0.717, 1.165) is 12.1 Å². The summed E-state index contributed by atoms with van der Waals surface area (Å²) in [5.41, 5.74) is 1.75. The van der Waals surface area contributed by atoms with Crippen LogP contribution in [0.2, 0.25) is 0 Å². The van der Waals surface area contributed by atoms with Crippen LogP contribution in [-0.2, 0) is 4.79 Å². The summed E-state index contributed by atoms with van der Waals surface area (Å²) in [5.74, 6) is -0.191. The maximum Gasteiger partial charge on any atom is 0.251 e. The lowest BCUT2D eigenvalue weighted by atomic mass is 10.1. The van der Waals surface area contributed by atoms with Crippen molar-refractivity contribution < 1.29 is 9.59 Å². The highest BCUT2D eigenvalue weighted by Crippen LogP contribution is 2.02. The van der Waals surface area contributed by atoms with Gasteiger partial charge in [0.25, 0.3) is 5.91 Å². The Balaban J connectivity index is 2.23. The first-order valence-corrected chi connectivity index (χ1v) is 7.38. The van der Waals surface area contributed by atoms with Crippen molar-refractivity contribution in [1.29, 1.82) is 0 Å². The van der Waals surface area contributed by atoms with Gasteiger partial charge in [0.15, 0.2) is 0 Å². The molecule has 0 saturated carbocycles. The number of hydrogen-bond donors (Lipinski definition) is 3. The number of hydrogen-bond acceptors (Lipinski definition) is 3. The molecular formula is C16H25N3O2. The van der Waals surface area contributed by atoms with Crippen LogP contribution in [0.3, 0.4) is 0 Å². The van der Waals surface area contributed by atoms with Crippen LogP contribution in [0.25, 0.3) is 0 Å². The Morgan fingerprint density at radius 1 is 1.10 bits per heavy atom. The van der Waals surface area contributed by atoms with Crippen LogP contribution in [0, 0.1) is 12.8 Å². The van der Waals surface area contributed by atoms with Crippen molar-refractivity contribution in [1.82, 2.24) is 16.0 Å². The lowest BCUT2D eigenvalue weighted by Crippen LogP contribution is -2.39. The van der Waals surface area contributed by atoms with E-state index in [1.807, 2.05) is 32.9 Å². The molecule has 0 radical (unpaired) electrons. The lowest BCUT2D eigenvalue weighted by Gasteiger charge is -2.12. The summed E-state index contributed by atoms with van der Waals surface area (Å²) in [4.78, 5) is 23.6. The number of rotatable bonds is 8. The van der Waals surface area contributed by atoms with E-state index >= 15 is 0 Å². The fourth-order valence-corrected chi connectivity index (χ4v) is 1.80. The van der Waals surface area contributed by atoms with E-state index < -0.39 is 0 Å². The van der Waals surface area contributed by atoms with Gasteiger partial charge in [-0.2, -0.15) is 0 Å². The smallest absolute Gasteiger partial charge is 0.251 e. The molecule has 0 aliphatic heterocycles. The minimum atomic E-state index is -0.120. The van der Waals surface area contributed by atoms with Crippen molar-refractivity contribution in [3.63, 3.8) is 0 Å². The average molecular weight is 291 g/mol. The van der Waals surface area contributed by atoms with Gasteiger partial charge >= 0.3 is 0 Å². The highest BCUT2D eigenvalue weighted by atomic mass is 16.2. The normalized spacial score (nSPS) is 11.8. The van der Waals surface area contributed by atoms with Crippen molar-refractivity contribution in [2.45, 2.75) is 20.8 Å². The molecular weight excluding hydrogens is 266 g/mol. The Labute approximate surface area is 126 Å². The topological polar surface area (TPSA) is 70.2 Å². The second kappa shape index (κ2) is 9.13. The van der Waals surface area contributed by atoms with Gasteiger partial charge in [-0.15, -0.1) is 0 Å². The third kappa shape index (κ3) is 6.40. The van der Waals surface area contributed by atoms with Crippen LogP contribution in [0.4, 0.5) is 0 Å². The predicted octanol–water partition coefficient (Wildman–Crippen LogP) is 1.09. The minimum absolute atomic E-state index is 0.000495. The molecule has 0 saturated heterocycles. The third-order valence-electron chi connectivity index (χ3n) is 3.17. The number of amides is 2. The van der Waals surface area contributed by atoms with Gasteiger partial charge in [-0.3, -0.25) is 9.59 Å². The second-order valence-electron chi connectivity index (χ2n) is 5.12. The fraction of sp³-hybridized carbons (Fsp3) is 0.500. The molecule has 0 aliphatic rings. The SMILES string of the molecule is CCNCC(C)C(=O)NCCNC(=O)c1ccc(C)cc1. The number of nitrogens with one attached hydrogen (secondary N) is 3. The van der Waals surface area contributed by atoms with Gasteiger partial charge in [0, 0.05) is 31.1 Å². The first-order valence-electron chi connectivity index (χ1n) is 7.38. The van der Waals surface area contributed by atoms with Gasteiger partial charge in [-0.05, 0) is 25.6 Å². The molecule has 1 rings (SSSR count). The third-order valence-corrected chi connectivity index (χ3v) is 3.17. The van der Waals surface area contributed by atoms with E-state index in [0.29, 0.717) is 25.2 Å². The van der Waals surface area contributed by atoms with Gasteiger partial charge in [-0.1, -0.05) is 31.5 Å². The molecule has 0 bridgehead atoms. The summed E-state index contributed by atoms with van der Waals surface area (Å²) in [7, 11) is 0. The van der Waals surface area contributed by atoms with Crippen LogP contribution in [-0.4, -0.2) is 38.0 Å². The molecule has 0 heterocycles. The average Bonchev–Trinajstić information content (AvgIpc) is 2.49. The minimum Gasteiger partial charge on any atom is -0.354 e. The molecule has 0 fully saturated rings. The molecule has 116 valence electrons. The molecule has 1 aromatic rings. The van der Waals surface area contributed by atoms with Gasteiger partial charge in [0.2, 0.25) is 5.91 Å². The summed E-state index contributed by atoms with van der Waals surface area (Å²) in [5, 5.41) is 8.73. The van der Waals surface area contributed by atoms with Gasteiger partial charge < -0.3 is 16.0 Å². The van der Waals surface area contributed by atoms with Gasteiger partial charge in [0.05, 0.1) is 0 Å². The van der Waals surface area contributed by atoms with E-state index in [2.05, 4.69) is 16.0 Å². The zero-order valence-corrected chi connectivity index (χ0v) is 13.0. The van der Waals surface area contributed by atoms with E-state index in [1.54, 1.807) is 12.1 Å². The van der Waals surface area contributed by atoms with Crippen LogP contribution in [0.1, 0.15) is 29.8 Å². The molecule has 1 aromatic carbocycles. The summed E-state index contributed by atoms with van der Waals surface area (Å²) in [6, 6.07) is 7.39. The molecule has 0 aromatic heterocycles. The molecule has 1 unspecified atom stereocenters. The number of carbonyl (C=O) groups is 2. The highest BCUT2D eigenvalue weighted by Gasteiger charge is 2.11. The lowest BCUT2D eigenvalue weighted by molar-refractivity contribution is -0.124. The Hall–Kier alpha value is -1.88. The standard InChI is InChI=1S/C16H25N3O2/c1-4-17-11-13(3)15(20)18-9-10-19-16(21)14-7-5-12(2)6-8-14/h5-8,13,17H,4,9-11H2,1-3H3,(H,18,20)(H,19,21). The fourth-order valence-electron chi connectivity index (χ4n) is 1.80. The maximum absolute atomic E-state index is 11.8. The molecule has 0 spiro atoms. The quantitative estimate of drug-likeness (QED) is 0.628.